The Hall–Kier alpha value is -0.400. The van der Waals surface area contributed by atoms with E-state index in [9.17, 15) is 0 Å². The molecule has 0 spiro atoms. The van der Waals surface area contributed by atoms with Crippen LogP contribution in [-0.4, -0.2) is 4.98 Å². The van der Waals surface area contributed by atoms with Crippen molar-refractivity contribution in [2.75, 3.05) is 0 Å². The molecule has 0 bridgehead atoms. The number of halogens is 2. The topological polar surface area (TPSA) is 36.7 Å². The predicted molar refractivity (Wildman–Crippen MR) is 53.6 cm³/mol. The van der Waals surface area contributed by atoms with Crippen LogP contribution in [0.2, 0.25) is 0 Å². The summed E-state index contributed by atoms with van der Waals surface area (Å²) in [6.07, 6.45) is 2.99. The van der Waals surface area contributed by atoms with Crippen molar-refractivity contribution in [3.63, 3.8) is 0 Å². The van der Waals surface area contributed by atoms with Crippen LogP contribution in [0.3, 0.4) is 0 Å². The average Bonchev–Trinajstić information content (AvgIpc) is 2.07. The number of aryl methyl sites for hydroxylation is 1. The van der Waals surface area contributed by atoms with Crippen LogP contribution < -0.4 is 0 Å². The first-order valence-corrected chi connectivity index (χ1v) is 4.99. The quantitative estimate of drug-likeness (QED) is 0.785. The maximum absolute atomic E-state index is 8.39. The first-order valence-electron chi connectivity index (χ1n) is 3.41. The first-order chi connectivity index (χ1) is 5.74. The second kappa shape index (κ2) is 4.58. The van der Waals surface area contributed by atoms with E-state index in [-0.39, 0.29) is 0 Å². The summed E-state index contributed by atoms with van der Waals surface area (Å²) >= 11 is 6.64. The molecule has 0 aliphatic heterocycles. The van der Waals surface area contributed by atoms with E-state index in [4.69, 9.17) is 5.26 Å². The Morgan fingerprint density at radius 2 is 2.25 bits per heavy atom. The van der Waals surface area contributed by atoms with E-state index in [1.54, 1.807) is 6.20 Å². The molecule has 1 rings (SSSR count). The maximum Gasteiger partial charge on any atom is 0.109 e. The lowest BCUT2D eigenvalue weighted by Gasteiger charge is -2.00. The second-order valence-corrected chi connectivity index (χ2v) is 3.93. The molecule has 0 saturated carbocycles. The third kappa shape index (κ3) is 2.58. The highest BCUT2D eigenvalue weighted by Crippen LogP contribution is 2.19. The van der Waals surface area contributed by atoms with Crippen LogP contribution in [0.4, 0.5) is 0 Å². The summed E-state index contributed by atoms with van der Waals surface area (Å²) in [7, 11) is 0. The third-order valence-electron chi connectivity index (χ3n) is 1.38. The van der Waals surface area contributed by atoms with Crippen molar-refractivity contribution in [2.45, 2.75) is 12.8 Å². The molecule has 0 atom stereocenters. The van der Waals surface area contributed by atoms with Gasteiger partial charge >= 0.3 is 0 Å². The van der Waals surface area contributed by atoms with Crippen LogP contribution >= 0.6 is 31.9 Å². The van der Waals surface area contributed by atoms with Crippen LogP contribution in [0.1, 0.15) is 12.0 Å². The second-order valence-electron chi connectivity index (χ2n) is 2.26. The first kappa shape index (κ1) is 9.69. The van der Waals surface area contributed by atoms with E-state index in [2.05, 4.69) is 42.9 Å². The van der Waals surface area contributed by atoms with E-state index in [1.165, 1.54) is 0 Å². The molecule has 4 heteroatoms. The number of hydrogen-bond donors (Lipinski definition) is 0. The largest absolute Gasteiger partial charge is 0.248 e. The molecule has 1 aromatic heterocycles. The Morgan fingerprint density at radius 1 is 1.50 bits per heavy atom. The Labute approximate surface area is 87.9 Å². The molecule has 12 heavy (non-hydrogen) atoms. The summed E-state index contributed by atoms with van der Waals surface area (Å²) < 4.78 is 1.76. The molecule has 0 unspecified atom stereocenters. The number of nitrogens with zero attached hydrogens (tertiary/aromatic N) is 2. The van der Waals surface area contributed by atoms with Gasteiger partial charge in [-0.3, -0.25) is 0 Å². The smallest absolute Gasteiger partial charge is 0.109 e. The molecule has 0 fully saturated rings. The van der Waals surface area contributed by atoms with Crippen LogP contribution in [0.5, 0.6) is 0 Å². The van der Waals surface area contributed by atoms with Crippen LogP contribution in [0.25, 0.3) is 0 Å². The molecule has 0 amide bonds. The van der Waals surface area contributed by atoms with Gasteiger partial charge in [0.25, 0.3) is 0 Å². The van der Waals surface area contributed by atoms with Gasteiger partial charge < -0.3 is 0 Å². The van der Waals surface area contributed by atoms with Crippen molar-refractivity contribution in [3.8, 4) is 6.07 Å². The molecule has 1 aromatic rings. The zero-order valence-electron chi connectivity index (χ0n) is 6.22. The Kier molecular flexibility index (Phi) is 3.70. The lowest BCUT2D eigenvalue weighted by molar-refractivity contribution is 0.980. The molecule has 62 valence electrons. The highest BCUT2D eigenvalue weighted by molar-refractivity contribution is 9.11. The third-order valence-corrected chi connectivity index (χ3v) is 2.53. The van der Waals surface area contributed by atoms with Crippen LogP contribution in [-0.2, 0) is 6.42 Å². The molecule has 0 aliphatic rings. The minimum Gasteiger partial charge on any atom is -0.248 e. The van der Waals surface area contributed by atoms with Crippen molar-refractivity contribution in [1.29, 1.82) is 5.26 Å². The highest BCUT2D eigenvalue weighted by Gasteiger charge is 2.00. The Balaban J connectivity index is 2.84. The van der Waals surface area contributed by atoms with E-state index >= 15 is 0 Å². The van der Waals surface area contributed by atoms with Crippen molar-refractivity contribution in [2.24, 2.45) is 0 Å². The fraction of sp³-hybridized carbons (Fsp3) is 0.250. The predicted octanol–water partition coefficient (Wildman–Crippen LogP) is 3.06. The van der Waals surface area contributed by atoms with Crippen LogP contribution in [0.15, 0.2) is 21.3 Å². The summed E-state index contributed by atoms with van der Waals surface area (Å²) in [6.45, 7) is 0. The number of aromatic nitrogens is 1. The fourth-order valence-electron chi connectivity index (χ4n) is 0.830. The van der Waals surface area contributed by atoms with Crippen LogP contribution in [0, 0.1) is 11.3 Å². The SMILES string of the molecule is N#CCCc1cc(Br)cnc1Br. The maximum atomic E-state index is 8.39. The normalized spacial score (nSPS) is 9.42. The van der Waals surface area contributed by atoms with Gasteiger partial charge in [0.1, 0.15) is 4.60 Å². The van der Waals surface area contributed by atoms with E-state index in [1.807, 2.05) is 6.07 Å². The number of pyridine rings is 1. The molecule has 2 nitrogen and oxygen atoms in total. The van der Waals surface area contributed by atoms with E-state index < -0.39 is 0 Å². The zero-order chi connectivity index (χ0) is 8.97. The van der Waals surface area contributed by atoms with Gasteiger partial charge in [-0.05, 0) is 49.9 Å². The summed E-state index contributed by atoms with van der Waals surface area (Å²) in [4.78, 5) is 4.09. The molecule has 0 aromatic carbocycles. The van der Waals surface area contributed by atoms with E-state index in [0.717, 1.165) is 21.1 Å². The summed E-state index contributed by atoms with van der Waals surface area (Å²) in [6, 6.07) is 4.07. The standard InChI is InChI=1S/C8H6Br2N2/c9-7-4-6(2-1-3-11)8(10)12-5-7/h4-5H,1-2H2. The lowest BCUT2D eigenvalue weighted by Crippen LogP contribution is -1.88. The molecule has 0 saturated heterocycles. The van der Waals surface area contributed by atoms with Gasteiger partial charge in [-0.2, -0.15) is 5.26 Å². The van der Waals surface area contributed by atoms with Crippen molar-refractivity contribution < 1.29 is 0 Å². The zero-order valence-corrected chi connectivity index (χ0v) is 9.39. The fourth-order valence-corrected chi connectivity index (χ4v) is 1.62. The summed E-state index contributed by atoms with van der Waals surface area (Å²) in [5.74, 6) is 0. The van der Waals surface area contributed by atoms with Gasteiger partial charge in [0.15, 0.2) is 0 Å². The van der Waals surface area contributed by atoms with Crippen molar-refractivity contribution in [3.05, 3.63) is 26.9 Å². The minimum absolute atomic E-state index is 0.525. The van der Waals surface area contributed by atoms with Gasteiger partial charge in [-0.1, -0.05) is 0 Å². The minimum atomic E-state index is 0.525. The lowest BCUT2D eigenvalue weighted by atomic mass is 10.2. The average molecular weight is 290 g/mol. The van der Waals surface area contributed by atoms with Gasteiger partial charge in [-0.25, -0.2) is 4.98 Å². The van der Waals surface area contributed by atoms with Gasteiger partial charge in [-0.15, -0.1) is 0 Å². The molecule has 0 aliphatic carbocycles. The molecular formula is C8H6Br2N2. The van der Waals surface area contributed by atoms with Crippen molar-refractivity contribution >= 4 is 31.9 Å². The number of rotatable bonds is 2. The van der Waals surface area contributed by atoms with Crippen molar-refractivity contribution in [1.82, 2.24) is 4.98 Å². The summed E-state index contributed by atoms with van der Waals surface area (Å²) in [5.41, 5.74) is 1.06. The molecular weight excluding hydrogens is 284 g/mol. The highest BCUT2D eigenvalue weighted by atomic mass is 79.9. The van der Waals surface area contributed by atoms with Gasteiger partial charge in [0.05, 0.1) is 6.07 Å². The Bertz CT molecular complexity index is 317. The van der Waals surface area contributed by atoms with E-state index in [0.29, 0.717) is 6.42 Å². The monoisotopic (exact) mass is 288 g/mol. The number of nitriles is 1. The van der Waals surface area contributed by atoms with Gasteiger partial charge in [0, 0.05) is 17.1 Å². The summed E-state index contributed by atoms with van der Waals surface area (Å²) in [5, 5.41) is 8.39. The number of hydrogen-bond acceptors (Lipinski definition) is 2. The molecule has 0 radical (unpaired) electrons. The molecule has 1 heterocycles. The Morgan fingerprint density at radius 3 is 2.92 bits per heavy atom. The molecule has 0 N–H and O–H groups in total. The van der Waals surface area contributed by atoms with Gasteiger partial charge in [0.2, 0.25) is 0 Å².